The topological polar surface area (TPSA) is 49.6 Å². The lowest BCUT2D eigenvalue weighted by molar-refractivity contribution is 0.432. The molecule has 0 bridgehead atoms. The molecule has 1 unspecified atom stereocenters. The van der Waals surface area contributed by atoms with Crippen LogP contribution >= 0.6 is 0 Å². The van der Waals surface area contributed by atoms with Crippen molar-refractivity contribution >= 4 is 0 Å². The first-order valence-corrected chi connectivity index (χ1v) is 10.1. The Morgan fingerprint density at radius 1 is 1.15 bits per heavy atom. The molecule has 3 heteroatoms. The zero-order valence-corrected chi connectivity index (χ0v) is 15.9. The van der Waals surface area contributed by atoms with Crippen LogP contribution in [0.2, 0.25) is 0 Å². The van der Waals surface area contributed by atoms with Crippen LogP contribution < -0.4 is 0 Å². The molecule has 1 fully saturated rings. The van der Waals surface area contributed by atoms with Crippen molar-refractivity contribution < 1.29 is 0 Å². The number of fused-ring (bicyclic) bond motifs is 1. The van der Waals surface area contributed by atoms with Crippen molar-refractivity contribution in [1.82, 2.24) is 9.97 Å². The van der Waals surface area contributed by atoms with E-state index in [9.17, 15) is 5.26 Å². The van der Waals surface area contributed by atoms with Gasteiger partial charge in [-0.15, -0.1) is 0 Å². The lowest BCUT2D eigenvalue weighted by Gasteiger charge is -2.29. The highest BCUT2D eigenvalue weighted by atomic mass is 14.7. The predicted molar refractivity (Wildman–Crippen MR) is 104 cm³/mol. The molecule has 2 aromatic heterocycles. The van der Waals surface area contributed by atoms with E-state index in [1.807, 2.05) is 13.1 Å². The monoisotopic (exact) mass is 345 g/mol. The normalized spacial score (nSPS) is 20.4. The molecule has 0 saturated heterocycles. The second kappa shape index (κ2) is 7.19. The summed E-state index contributed by atoms with van der Waals surface area (Å²) in [7, 11) is 0. The largest absolute Gasteiger partial charge is 0.262 e. The lowest BCUT2D eigenvalue weighted by atomic mass is 9.78. The number of pyridine rings is 2. The number of hydrogen-bond donors (Lipinski definition) is 0. The first kappa shape index (κ1) is 17.2. The van der Waals surface area contributed by atoms with Crippen molar-refractivity contribution in [3.05, 3.63) is 46.5 Å². The second-order valence-electron chi connectivity index (χ2n) is 8.15. The molecule has 1 atom stereocenters. The summed E-state index contributed by atoms with van der Waals surface area (Å²) >= 11 is 0. The summed E-state index contributed by atoms with van der Waals surface area (Å²) in [5, 5.41) is 10.1. The molecule has 0 radical (unpaired) electrons. The molecular weight excluding hydrogens is 318 g/mol. The number of aromatic nitrogens is 2. The first-order chi connectivity index (χ1) is 12.7. The zero-order chi connectivity index (χ0) is 18.1. The molecule has 1 saturated carbocycles. The molecule has 2 aromatic rings. The Morgan fingerprint density at radius 3 is 2.69 bits per heavy atom. The fourth-order valence-corrected chi connectivity index (χ4v) is 4.76. The van der Waals surface area contributed by atoms with Gasteiger partial charge in [-0.25, -0.2) is 0 Å². The Kier molecular flexibility index (Phi) is 4.76. The molecule has 2 heterocycles. The average molecular weight is 345 g/mol. The van der Waals surface area contributed by atoms with Crippen LogP contribution in [0.15, 0.2) is 18.3 Å². The molecule has 0 spiro atoms. The van der Waals surface area contributed by atoms with Gasteiger partial charge in [0.2, 0.25) is 0 Å². The van der Waals surface area contributed by atoms with E-state index in [1.165, 1.54) is 49.8 Å². The number of rotatable bonds is 2. The van der Waals surface area contributed by atoms with E-state index in [-0.39, 0.29) is 0 Å². The van der Waals surface area contributed by atoms with Crippen molar-refractivity contribution in [3.8, 4) is 17.2 Å². The third-order valence-corrected chi connectivity index (χ3v) is 6.13. The number of nitrogens with zero attached hydrogens (tertiary/aromatic N) is 3. The zero-order valence-electron chi connectivity index (χ0n) is 15.9. The summed E-state index contributed by atoms with van der Waals surface area (Å²) in [4.78, 5) is 9.47. The van der Waals surface area contributed by atoms with E-state index in [0.29, 0.717) is 11.8 Å². The Balaban J connectivity index is 1.95. The third kappa shape index (κ3) is 3.14. The maximum absolute atomic E-state index is 10.1. The summed E-state index contributed by atoms with van der Waals surface area (Å²) in [6, 6.07) is 6.75. The van der Waals surface area contributed by atoms with Gasteiger partial charge in [-0.3, -0.25) is 9.97 Å². The lowest BCUT2D eigenvalue weighted by Crippen LogP contribution is -2.19. The SMILES string of the molecule is Cc1cc(-c2c(C#N)c(C3CCCCC3)nc3c2CC(C)CC3)ccn1. The summed E-state index contributed by atoms with van der Waals surface area (Å²) in [6.07, 6.45) is 11.3. The maximum atomic E-state index is 10.1. The van der Waals surface area contributed by atoms with Crippen LogP contribution in [0.5, 0.6) is 0 Å². The fourth-order valence-electron chi connectivity index (χ4n) is 4.76. The number of nitriles is 1. The van der Waals surface area contributed by atoms with E-state index in [0.717, 1.165) is 40.9 Å². The molecule has 0 amide bonds. The van der Waals surface area contributed by atoms with Gasteiger partial charge in [-0.05, 0) is 68.2 Å². The molecule has 134 valence electrons. The van der Waals surface area contributed by atoms with Crippen LogP contribution in [-0.4, -0.2) is 9.97 Å². The van der Waals surface area contributed by atoms with Crippen LogP contribution in [0.4, 0.5) is 0 Å². The van der Waals surface area contributed by atoms with Gasteiger partial charge < -0.3 is 0 Å². The Labute approximate surface area is 156 Å². The van der Waals surface area contributed by atoms with Crippen molar-refractivity contribution in [1.29, 1.82) is 5.26 Å². The highest BCUT2D eigenvalue weighted by Gasteiger charge is 2.29. The van der Waals surface area contributed by atoms with E-state index in [4.69, 9.17) is 4.98 Å². The minimum atomic E-state index is 0.449. The summed E-state index contributed by atoms with van der Waals surface area (Å²) in [5.74, 6) is 1.10. The van der Waals surface area contributed by atoms with Gasteiger partial charge in [-0.2, -0.15) is 5.26 Å². The molecule has 26 heavy (non-hydrogen) atoms. The van der Waals surface area contributed by atoms with Crippen LogP contribution in [-0.2, 0) is 12.8 Å². The van der Waals surface area contributed by atoms with Crippen LogP contribution in [0.3, 0.4) is 0 Å². The van der Waals surface area contributed by atoms with Gasteiger partial charge in [0.05, 0.1) is 11.3 Å². The molecule has 0 N–H and O–H groups in total. The second-order valence-corrected chi connectivity index (χ2v) is 8.15. The minimum Gasteiger partial charge on any atom is -0.262 e. The predicted octanol–water partition coefficient (Wildman–Crippen LogP) is 5.50. The molecule has 2 aliphatic carbocycles. The van der Waals surface area contributed by atoms with Gasteiger partial charge in [-0.1, -0.05) is 26.2 Å². The van der Waals surface area contributed by atoms with Gasteiger partial charge in [0.15, 0.2) is 0 Å². The summed E-state index contributed by atoms with van der Waals surface area (Å²) in [5.41, 5.74) is 7.74. The smallest absolute Gasteiger partial charge is 0.102 e. The van der Waals surface area contributed by atoms with E-state index in [2.05, 4.69) is 30.1 Å². The molecule has 2 aliphatic rings. The van der Waals surface area contributed by atoms with Crippen LogP contribution in [0, 0.1) is 24.2 Å². The molecule has 4 rings (SSSR count). The summed E-state index contributed by atoms with van der Waals surface area (Å²) in [6.45, 7) is 4.33. The maximum Gasteiger partial charge on any atom is 0.102 e. The molecule has 0 aliphatic heterocycles. The van der Waals surface area contributed by atoms with Gasteiger partial charge in [0.25, 0.3) is 0 Å². The van der Waals surface area contributed by atoms with Crippen LogP contribution in [0.1, 0.15) is 79.6 Å². The van der Waals surface area contributed by atoms with Crippen molar-refractivity contribution in [2.24, 2.45) is 5.92 Å². The van der Waals surface area contributed by atoms with Crippen LogP contribution in [0.25, 0.3) is 11.1 Å². The molecule has 0 aromatic carbocycles. The highest BCUT2D eigenvalue weighted by Crippen LogP contribution is 2.41. The molecule has 3 nitrogen and oxygen atoms in total. The van der Waals surface area contributed by atoms with Crippen molar-refractivity contribution in [2.75, 3.05) is 0 Å². The van der Waals surface area contributed by atoms with E-state index >= 15 is 0 Å². The standard InChI is InChI=1S/C23H27N3/c1-15-8-9-21-19(12-15)22(18-10-11-25-16(2)13-18)20(14-24)23(26-21)17-6-4-3-5-7-17/h10-11,13,15,17H,3-9,12H2,1-2H3. The van der Waals surface area contributed by atoms with Gasteiger partial charge in [0.1, 0.15) is 6.07 Å². The number of hydrogen-bond acceptors (Lipinski definition) is 3. The highest BCUT2D eigenvalue weighted by molar-refractivity contribution is 5.76. The minimum absolute atomic E-state index is 0.449. The quantitative estimate of drug-likeness (QED) is 0.722. The summed E-state index contributed by atoms with van der Waals surface area (Å²) < 4.78 is 0. The van der Waals surface area contributed by atoms with Crippen molar-refractivity contribution in [2.45, 2.75) is 71.1 Å². The van der Waals surface area contributed by atoms with Gasteiger partial charge in [0, 0.05) is 29.1 Å². The average Bonchev–Trinajstić information content (AvgIpc) is 2.67. The van der Waals surface area contributed by atoms with Crippen molar-refractivity contribution in [3.63, 3.8) is 0 Å². The Bertz CT molecular complexity index is 856. The molecular formula is C23H27N3. The first-order valence-electron chi connectivity index (χ1n) is 10.1. The number of aryl methyl sites for hydroxylation is 2. The Hall–Kier alpha value is -2.21. The van der Waals surface area contributed by atoms with E-state index in [1.54, 1.807) is 0 Å². The van der Waals surface area contributed by atoms with E-state index < -0.39 is 0 Å². The Morgan fingerprint density at radius 2 is 1.96 bits per heavy atom. The third-order valence-electron chi connectivity index (χ3n) is 6.13. The van der Waals surface area contributed by atoms with Gasteiger partial charge >= 0.3 is 0 Å². The fraction of sp³-hybridized carbons (Fsp3) is 0.522.